The van der Waals surface area contributed by atoms with Crippen molar-refractivity contribution >= 4 is 37.0 Å². The Bertz CT molecular complexity index is 1680. The maximum absolute atomic E-state index is 2.37. The van der Waals surface area contributed by atoms with Gasteiger partial charge in [0.05, 0.1) is 0 Å². The molecule has 0 aliphatic carbocycles. The Morgan fingerprint density at radius 1 is 0.341 bits per heavy atom. The number of anilines is 3. The molecule has 0 aromatic heterocycles. The molecule has 216 valence electrons. The van der Waals surface area contributed by atoms with E-state index < -0.39 is 0 Å². The summed E-state index contributed by atoms with van der Waals surface area (Å²) < 4.78 is 0. The van der Waals surface area contributed by atoms with Crippen molar-refractivity contribution in [3.63, 3.8) is 0 Å². The lowest BCUT2D eigenvalue weighted by molar-refractivity contribution is 0.641. The molecule has 0 aliphatic heterocycles. The third kappa shape index (κ3) is 6.18. The van der Waals surface area contributed by atoms with E-state index in [2.05, 4.69) is 196 Å². The summed E-state index contributed by atoms with van der Waals surface area (Å²) in [5.41, 5.74) is 8.49. The van der Waals surface area contributed by atoms with Crippen molar-refractivity contribution in [2.75, 3.05) is 4.90 Å². The van der Waals surface area contributed by atoms with Crippen molar-refractivity contribution in [1.82, 2.24) is 0 Å². The van der Waals surface area contributed by atoms with Gasteiger partial charge in [-0.05, 0) is 58.7 Å². The molecule has 0 N–H and O–H groups in total. The molecule has 6 rings (SSSR count). The van der Waals surface area contributed by atoms with Gasteiger partial charge in [-0.25, -0.2) is 0 Å². The molecule has 2 heteroatoms. The van der Waals surface area contributed by atoms with Gasteiger partial charge in [0.25, 0.3) is 0 Å². The van der Waals surface area contributed by atoms with Crippen molar-refractivity contribution in [2.24, 2.45) is 0 Å². The summed E-state index contributed by atoms with van der Waals surface area (Å²) in [7, 11) is 0.637. The largest absolute Gasteiger partial charge is 0.311 e. The molecule has 0 saturated heterocycles. The van der Waals surface area contributed by atoms with E-state index in [1.54, 1.807) is 0 Å². The van der Waals surface area contributed by atoms with Gasteiger partial charge in [-0.2, -0.15) is 0 Å². The summed E-state index contributed by atoms with van der Waals surface area (Å²) in [5.74, 6) is 0. The zero-order valence-corrected chi connectivity index (χ0v) is 27.0. The average Bonchev–Trinajstić information content (AvgIpc) is 3.07. The minimum atomic E-state index is -0.0880. The molecule has 6 aromatic rings. The molecule has 0 heterocycles. The van der Waals surface area contributed by atoms with Crippen LogP contribution in [0, 0.1) is 0 Å². The van der Waals surface area contributed by atoms with Crippen LogP contribution in [0.5, 0.6) is 0 Å². The van der Waals surface area contributed by atoms with E-state index >= 15 is 0 Å². The fourth-order valence-corrected chi connectivity index (χ4v) is 6.95. The normalized spacial score (nSPS) is 11.7. The van der Waals surface area contributed by atoms with Crippen LogP contribution in [0.15, 0.2) is 164 Å². The smallest absolute Gasteiger partial charge is 0.121 e. The van der Waals surface area contributed by atoms with Crippen LogP contribution in [0.4, 0.5) is 17.1 Å². The maximum atomic E-state index is 2.37. The third-order valence-corrected chi connectivity index (χ3v) is 10.1. The highest BCUT2D eigenvalue weighted by atomic mass is 28.2. The second kappa shape index (κ2) is 12.5. The summed E-state index contributed by atoms with van der Waals surface area (Å²) in [6.45, 7) is 9.20. The first-order chi connectivity index (χ1) is 21.3. The molecular formula is C42H39NSi. The Morgan fingerprint density at radius 2 is 0.636 bits per heavy atom. The molecular weight excluding hydrogens is 547 g/mol. The Hall–Kier alpha value is -4.66. The lowest BCUT2D eigenvalue weighted by Gasteiger charge is -2.30. The lowest BCUT2D eigenvalue weighted by atomic mass is 9.78. The first kappa shape index (κ1) is 29.4. The van der Waals surface area contributed by atoms with Crippen LogP contribution in [0.3, 0.4) is 0 Å². The zero-order valence-electron chi connectivity index (χ0n) is 26.0. The van der Waals surface area contributed by atoms with E-state index in [-0.39, 0.29) is 10.8 Å². The van der Waals surface area contributed by atoms with Crippen molar-refractivity contribution < 1.29 is 0 Å². The average molecular weight is 586 g/mol. The van der Waals surface area contributed by atoms with Crippen LogP contribution in [0.2, 0.25) is 0 Å². The van der Waals surface area contributed by atoms with E-state index in [1.807, 2.05) is 0 Å². The lowest BCUT2D eigenvalue weighted by Crippen LogP contribution is -2.26. The van der Waals surface area contributed by atoms with E-state index in [0.29, 0.717) is 9.52 Å². The predicted molar refractivity (Wildman–Crippen MR) is 190 cm³/mol. The quantitative estimate of drug-likeness (QED) is 0.153. The highest BCUT2D eigenvalue weighted by Gasteiger charge is 2.25. The summed E-state index contributed by atoms with van der Waals surface area (Å²) in [6, 6.07) is 59.5. The molecule has 0 bridgehead atoms. The molecule has 0 atom stereocenters. The molecule has 2 radical (unpaired) electrons. The second-order valence-electron chi connectivity index (χ2n) is 12.4. The van der Waals surface area contributed by atoms with E-state index in [4.69, 9.17) is 0 Å². The van der Waals surface area contributed by atoms with E-state index in [0.717, 1.165) is 17.1 Å². The summed E-state index contributed by atoms with van der Waals surface area (Å²) >= 11 is 0. The minimum absolute atomic E-state index is 0.0880. The maximum Gasteiger partial charge on any atom is 0.121 e. The molecule has 1 nitrogen and oxygen atoms in total. The Labute approximate surface area is 265 Å². The van der Waals surface area contributed by atoms with Crippen molar-refractivity contribution in [2.45, 2.75) is 38.5 Å². The number of hydrogen-bond donors (Lipinski definition) is 0. The zero-order chi connectivity index (χ0) is 30.6. The summed E-state index contributed by atoms with van der Waals surface area (Å²) in [4.78, 5) is 2.37. The van der Waals surface area contributed by atoms with Crippen LogP contribution in [-0.4, -0.2) is 9.52 Å². The van der Waals surface area contributed by atoms with Gasteiger partial charge in [0.1, 0.15) is 9.52 Å². The van der Waals surface area contributed by atoms with Gasteiger partial charge >= 0.3 is 0 Å². The molecule has 0 amide bonds. The minimum Gasteiger partial charge on any atom is -0.311 e. The van der Waals surface area contributed by atoms with Gasteiger partial charge in [-0.15, -0.1) is 0 Å². The van der Waals surface area contributed by atoms with Gasteiger partial charge < -0.3 is 4.90 Å². The van der Waals surface area contributed by atoms with Gasteiger partial charge in [0.2, 0.25) is 0 Å². The number of rotatable bonds is 9. The van der Waals surface area contributed by atoms with Crippen LogP contribution < -0.4 is 15.3 Å². The summed E-state index contributed by atoms with van der Waals surface area (Å²) in [5, 5.41) is 2.69. The molecule has 6 aromatic carbocycles. The van der Waals surface area contributed by atoms with Crippen LogP contribution in [-0.2, 0) is 10.8 Å². The van der Waals surface area contributed by atoms with Crippen molar-refractivity contribution in [3.05, 3.63) is 186 Å². The topological polar surface area (TPSA) is 3.24 Å². The predicted octanol–water partition coefficient (Wildman–Crippen LogP) is 9.46. The first-order valence-electron chi connectivity index (χ1n) is 15.4. The molecule has 0 fully saturated rings. The molecule has 0 spiro atoms. The number of benzene rings is 6. The van der Waals surface area contributed by atoms with E-state index in [9.17, 15) is 0 Å². The van der Waals surface area contributed by atoms with E-state index in [1.165, 1.54) is 32.6 Å². The fraction of sp³-hybridized carbons (Fsp3) is 0.143. The van der Waals surface area contributed by atoms with Crippen molar-refractivity contribution in [3.8, 4) is 0 Å². The monoisotopic (exact) mass is 585 g/mol. The number of hydrogen-bond acceptors (Lipinski definition) is 1. The van der Waals surface area contributed by atoms with Gasteiger partial charge in [0.15, 0.2) is 0 Å². The molecule has 0 unspecified atom stereocenters. The van der Waals surface area contributed by atoms with Gasteiger partial charge in [-0.1, -0.05) is 165 Å². The Kier molecular flexibility index (Phi) is 8.37. The van der Waals surface area contributed by atoms with Crippen molar-refractivity contribution in [1.29, 1.82) is 0 Å². The molecule has 44 heavy (non-hydrogen) atoms. The second-order valence-corrected chi connectivity index (χ2v) is 13.9. The summed E-state index contributed by atoms with van der Waals surface area (Å²) in [6.07, 6.45) is 0. The first-order valence-corrected chi connectivity index (χ1v) is 16.4. The molecule has 0 aliphatic rings. The number of nitrogens with zero attached hydrogens (tertiary/aromatic N) is 1. The highest BCUT2D eigenvalue weighted by Crippen LogP contribution is 2.39. The van der Waals surface area contributed by atoms with Crippen LogP contribution in [0.1, 0.15) is 49.9 Å². The standard InChI is InChI=1S/C42H39NSi/c1-41(2,32-14-8-5-9-15-32)34-20-24-36(25-21-34)43(38-28-30-40(31-29-38)44-39-18-12-7-13-19-39)37-26-22-35(23-27-37)42(3,4)33-16-10-6-11-17-33/h5-31H,1-4H3. The van der Waals surface area contributed by atoms with Crippen LogP contribution >= 0.6 is 0 Å². The highest BCUT2D eigenvalue weighted by molar-refractivity contribution is 6.67. The molecule has 0 saturated carbocycles. The SMILES string of the molecule is CC(C)(c1ccccc1)c1ccc(N(c2ccc([Si]c3ccccc3)cc2)c2ccc(C(C)(C)c3ccccc3)cc2)cc1. The third-order valence-electron chi connectivity index (χ3n) is 8.87. The van der Waals surface area contributed by atoms with Gasteiger partial charge in [0, 0.05) is 27.9 Å². The van der Waals surface area contributed by atoms with Gasteiger partial charge in [-0.3, -0.25) is 0 Å². The Balaban J connectivity index is 1.35. The fourth-order valence-electron chi connectivity index (χ4n) is 5.93. The van der Waals surface area contributed by atoms with Crippen LogP contribution in [0.25, 0.3) is 0 Å². The Morgan fingerprint density at radius 3 is 1.02 bits per heavy atom.